The maximum Gasteiger partial charge on any atom is 0.417 e. The Balaban J connectivity index is 1.42. The summed E-state index contributed by atoms with van der Waals surface area (Å²) in [6.07, 6.45) is 2.88. The van der Waals surface area contributed by atoms with Crippen LogP contribution in [0.15, 0.2) is 60.7 Å². The molecule has 5 rings (SSSR count). The highest BCUT2D eigenvalue weighted by Crippen LogP contribution is 2.54. The number of sulfone groups is 1. The normalized spacial score (nSPS) is 19.1. The summed E-state index contributed by atoms with van der Waals surface area (Å²) in [5.74, 6) is 1.66. The van der Waals surface area contributed by atoms with Crippen molar-refractivity contribution in [3.8, 4) is 17.1 Å². The molecule has 1 aliphatic carbocycles. The summed E-state index contributed by atoms with van der Waals surface area (Å²) < 4.78 is 38.0. The molecule has 1 N–H and O–H groups in total. The highest BCUT2D eigenvalue weighted by Gasteiger charge is 2.58. The Morgan fingerprint density at radius 3 is 2.50 bits per heavy atom. The fourth-order valence-corrected chi connectivity index (χ4v) is 7.88. The van der Waals surface area contributed by atoms with Crippen molar-refractivity contribution in [3.05, 3.63) is 66.4 Å². The maximum atomic E-state index is 14.0. The first-order valence-corrected chi connectivity index (χ1v) is 16.7. The van der Waals surface area contributed by atoms with Crippen molar-refractivity contribution in [3.63, 3.8) is 0 Å². The SMILES string of the molecule is CC(CC=O)CCC(C)S(=O)(=O)C1(c2cc(N3CCOC[C@@H]3C)nc(-c3ccc(NC(=O)Oc4ccccc4)cc3)n2)CC1. The van der Waals surface area contributed by atoms with E-state index in [1.54, 1.807) is 55.5 Å². The minimum atomic E-state index is -3.58. The molecule has 1 saturated carbocycles. The molecule has 3 atom stereocenters. The van der Waals surface area contributed by atoms with E-state index in [9.17, 15) is 18.0 Å². The Hall–Kier alpha value is -3.83. The van der Waals surface area contributed by atoms with Gasteiger partial charge in [-0.3, -0.25) is 5.32 Å². The van der Waals surface area contributed by atoms with Gasteiger partial charge in [-0.15, -0.1) is 0 Å². The van der Waals surface area contributed by atoms with Gasteiger partial charge in [-0.25, -0.2) is 23.2 Å². The number of aldehydes is 1. The van der Waals surface area contributed by atoms with Crippen molar-refractivity contribution in [1.82, 2.24) is 9.97 Å². The van der Waals surface area contributed by atoms with Crippen LogP contribution in [0.1, 0.15) is 58.6 Å². The second-order valence-electron chi connectivity index (χ2n) is 11.9. The van der Waals surface area contributed by atoms with Crippen LogP contribution in [-0.2, 0) is 24.1 Å². The van der Waals surface area contributed by atoms with Crippen LogP contribution in [0.2, 0.25) is 0 Å². The molecule has 2 aromatic carbocycles. The smallest absolute Gasteiger partial charge is 0.410 e. The standard InChI is InChI=1S/C33H40N4O6S/c1-23(15-19-38)9-10-25(3)44(40,41)33(16-17-33)29-21-30(37-18-20-42-22-24(37)2)36-31(35-29)26-11-13-27(14-12-26)34-32(39)43-28-7-5-4-6-8-28/h4-8,11-14,19,21,23-25H,9-10,15-18,20,22H2,1-3H3,(H,34,39)/t23?,24-,25?/m0/s1. The third-order valence-electron chi connectivity index (χ3n) is 8.53. The number of nitrogens with one attached hydrogen (secondary N) is 1. The Morgan fingerprint density at radius 2 is 1.84 bits per heavy atom. The molecular weight excluding hydrogens is 580 g/mol. The summed E-state index contributed by atoms with van der Waals surface area (Å²) in [7, 11) is -3.58. The lowest BCUT2D eigenvalue weighted by molar-refractivity contribution is -0.108. The second kappa shape index (κ2) is 13.4. The largest absolute Gasteiger partial charge is 0.417 e. The van der Waals surface area contributed by atoms with E-state index < -0.39 is 25.9 Å². The minimum absolute atomic E-state index is 0.0616. The zero-order valence-corrected chi connectivity index (χ0v) is 26.3. The molecule has 1 saturated heterocycles. The van der Waals surface area contributed by atoms with Crippen LogP contribution in [0.25, 0.3) is 11.4 Å². The number of carbonyl (C=O) groups excluding carboxylic acids is 2. The lowest BCUT2D eigenvalue weighted by atomic mass is 10.0. The summed E-state index contributed by atoms with van der Waals surface area (Å²) in [4.78, 5) is 35.2. The van der Waals surface area contributed by atoms with Crippen LogP contribution in [0, 0.1) is 5.92 Å². The highest BCUT2D eigenvalue weighted by atomic mass is 32.2. The van der Waals surface area contributed by atoms with Crippen molar-refractivity contribution in [2.75, 3.05) is 30.0 Å². The number of benzene rings is 2. The van der Waals surface area contributed by atoms with Crippen molar-refractivity contribution in [2.45, 2.75) is 68.9 Å². The molecule has 2 fully saturated rings. The Morgan fingerprint density at radius 1 is 1.11 bits per heavy atom. The molecule has 10 nitrogen and oxygen atoms in total. The third-order valence-corrected chi connectivity index (χ3v) is 11.5. The number of anilines is 2. The Labute approximate surface area is 259 Å². The van der Waals surface area contributed by atoms with E-state index in [2.05, 4.69) is 17.1 Å². The van der Waals surface area contributed by atoms with Gasteiger partial charge in [0.15, 0.2) is 15.7 Å². The zero-order chi connectivity index (χ0) is 31.3. The molecule has 1 amide bonds. The minimum Gasteiger partial charge on any atom is -0.410 e. The quantitative estimate of drug-likeness (QED) is 0.251. The van der Waals surface area contributed by atoms with E-state index in [-0.39, 0.29) is 12.0 Å². The van der Waals surface area contributed by atoms with E-state index >= 15 is 0 Å². The summed E-state index contributed by atoms with van der Waals surface area (Å²) in [6.45, 7) is 7.53. The van der Waals surface area contributed by atoms with Crippen molar-refractivity contribution >= 4 is 33.7 Å². The Bertz CT molecular complexity index is 1560. The topological polar surface area (TPSA) is 128 Å². The predicted octanol–water partition coefficient (Wildman–Crippen LogP) is 5.78. The van der Waals surface area contributed by atoms with Crippen LogP contribution >= 0.6 is 0 Å². The molecule has 2 aliphatic rings. The van der Waals surface area contributed by atoms with Crippen molar-refractivity contribution in [1.29, 1.82) is 0 Å². The molecule has 1 aliphatic heterocycles. The number of morpholine rings is 1. The predicted molar refractivity (Wildman–Crippen MR) is 170 cm³/mol. The monoisotopic (exact) mass is 620 g/mol. The molecule has 0 spiro atoms. The van der Waals surface area contributed by atoms with Gasteiger partial charge in [0.2, 0.25) is 0 Å². The number of para-hydroxylation sites is 1. The summed E-state index contributed by atoms with van der Waals surface area (Å²) in [5, 5.41) is 2.16. The van der Waals surface area contributed by atoms with Gasteiger partial charge < -0.3 is 19.2 Å². The number of carbonyl (C=O) groups is 2. The number of amides is 1. The van der Waals surface area contributed by atoms with E-state index in [0.717, 1.165) is 6.29 Å². The van der Waals surface area contributed by atoms with Gasteiger partial charge in [0.25, 0.3) is 0 Å². The number of rotatable bonds is 12. The van der Waals surface area contributed by atoms with E-state index in [0.29, 0.717) is 86.2 Å². The van der Waals surface area contributed by atoms with Crippen molar-refractivity contribution in [2.24, 2.45) is 5.92 Å². The van der Waals surface area contributed by atoms with Crippen molar-refractivity contribution < 1.29 is 27.5 Å². The molecular formula is C33H40N4O6S. The van der Waals surface area contributed by atoms with Crippen LogP contribution in [0.4, 0.5) is 16.3 Å². The molecule has 234 valence electrons. The first-order chi connectivity index (χ1) is 21.1. The molecule has 0 bridgehead atoms. The van der Waals surface area contributed by atoms with Gasteiger partial charge >= 0.3 is 6.09 Å². The molecule has 2 heterocycles. The zero-order valence-electron chi connectivity index (χ0n) is 25.4. The average molecular weight is 621 g/mol. The van der Waals surface area contributed by atoms with Gasteiger partial charge in [-0.2, -0.15) is 0 Å². The van der Waals surface area contributed by atoms with Crippen LogP contribution in [0.5, 0.6) is 5.75 Å². The first kappa shape index (κ1) is 31.6. The fourth-order valence-electron chi connectivity index (χ4n) is 5.59. The maximum absolute atomic E-state index is 14.0. The number of hydrogen-bond donors (Lipinski definition) is 1. The number of nitrogens with zero attached hydrogens (tertiary/aromatic N) is 3. The highest BCUT2D eigenvalue weighted by molar-refractivity contribution is 7.93. The lowest BCUT2D eigenvalue weighted by Gasteiger charge is -2.35. The van der Waals surface area contributed by atoms with Crippen LogP contribution < -0.4 is 15.0 Å². The first-order valence-electron chi connectivity index (χ1n) is 15.2. The molecule has 3 aromatic rings. The average Bonchev–Trinajstić information content (AvgIpc) is 3.84. The molecule has 1 aromatic heterocycles. The molecule has 44 heavy (non-hydrogen) atoms. The third kappa shape index (κ3) is 6.94. The van der Waals surface area contributed by atoms with Gasteiger partial charge in [0.05, 0.1) is 30.2 Å². The number of ether oxygens (including phenoxy) is 2. The second-order valence-corrected chi connectivity index (χ2v) is 14.6. The number of hydrogen-bond acceptors (Lipinski definition) is 9. The van der Waals surface area contributed by atoms with E-state index in [1.807, 2.05) is 19.1 Å². The molecule has 11 heteroatoms. The van der Waals surface area contributed by atoms with Gasteiger partial charge in [-0.1, -0.05) is 25.1 Å². The van der Waals surface area contributed by atoms with Gasteiger partial charge in [0, 0.05) is 30.3 Å². The van der Waals surface area contributed by atoms with Gasteiger partial charge in [0.1, 0.15) is 22.6 Å². The lowest BCUT2D eigenvalue weighted by Crippen LogP contribution is -2.44. The van der Waals surface area contributed by atoms with Crippen LogP contribution in [-0.4, -0.2) is 61.8 Å². The fraction of sp³-hybridized carbons (Fsp3) is 0.455. The van der Waals surface area contributed by atoms with E-state index in [1.165, 1.54) is 0 Å². The Kier molecular flexibility index (Phi) is 9.65. The number of aromatic nitrogens is 2. The van der Waals surface area contributed by atoms with Crippen LogP contribution in [0.3, 0.4) is 0 Å². The molecule has 2 unspecified atom stereocenters. The van der Waals surface area contributed by atoms with Gasteiger partial charge in [-0.05, 0) is 81.8 Å². The summed E-state index contributed by atoms with van der Waals surface area (Å²) >= 11 is 0. The summed E-state index contributed by atoms with van der Waals surface area (Å²) in [5.41, 5.74) is 1.74. The summed E-state index contributed by atoms with van der Waals surface area (Å²) in [6, 6.07) is 17.8. The molecule has 0 radical (unpaired) electrons. The van der Waals surface area contributed by atoms with E-state index in [4.69, 9.17) is 19.4 Å².